The van der Waals surface area contributed by atoms with Gasteiger partial charge in [0, 0.05) is 35.8 Å². The van der Waals surface area contributed by atoms with Crippen molar-refractivity contribution >= 4 is 11.8 Å². The minimum Gasteiger partial charge on any atom is -0.350 e. The van der Waals surface area contributed by atoms with E-state index in [1.165, 1.54) is 17.8 Å². The van der Waals surface area contributed by atoms with Crippen LogP contribution in [0.4, 0.5) is 4.39 Å². The molecular formula is C23H29FN4S. The maximum atomic E-state index is 13.5. The van der Waals surface area contributed by atoms with Gasteiger partial charge in [-0.05, 0) is 63.5 Å². The fraction of sp³-hybridized carbons (Fsp3) is 0.391. The Kier molecular flexibility index (Phi) is 7.45. The Morgan fingerprint density at radius 2 is 1.90 bits per heavy atom. The van der Waals surface area contributed by atoms with Crippen LogP contribution >= 0.6 is 11.8 Å². The highest BCUT2D eigenvalue weighted by atomic mass is 32.2. The summed E-state index contributed by atoms with van der Waals surface area (Å²) in [5, 5.41) is 0.760. The number of nitrogens with zero attached hydrogens (tertiary/aromatic N) is 4. The van der Waals surface area contributed by atoms with Gasteiger partial charge in [0.25, 0.3) is 0 Å². The maximum absolute atomic E-state index is 13.5. The molecule has 0 radical (unpaired) electrons. The van der Waals surface area contributed by atoms with Crippen LogP contribution in [0.15, 0.2) is 47.9 Å². The van der Waals surface area contributed by atoms with Gasteiger partial charge in [-0.2, -0.15) is 0 Å². The van der Waals surface area contributed by atoms with Crippen molar-refractivity contribution in [3.8, 4) is 22.4 Å². The van der Waals surface area contributed by atoms with E-state index < -0.39 is 0 Å². The summed E-state index contributed by atoms with van der Waals surface area (Å²) in [5.74, 6) is -0.221. The Labute approximate surface area is 177 Å². The van der Waals surface area contributed by atoms with Crippen molar-refractivity contribution in [2.24, 2.45) is 0 Å². The molecule has 3 aromatic rings. The number of aryl methyl sites for hydroxylation is 1. The van der Waals surface area contributed by atoms with Crippen LogP contribution in [-0.2, 0) is 13.0 Å². The zero-order chi connectivity index (χ0) is 20.8. The summed E-state index contributed by atoms with van der Waals surface area (Å²) in [7, 11) is 4.20. The Bertz CT molecular complexity index is 935. The van der Waals surface area contributed by atoms with Crippen LogP contribution in [0.25, 0.3) is 22.4 Å². The molecule has 0 aliphatic carbocycles. The molecule has 2 aromatic heterocycles. The van der Waals surface area contributed by atoms with Crippen molar-refractivity contribution in [3.63, 3.8) is 0 Å². The molecule has 0 saturated carbocycles. The molecule has 3 rings (SSSR count). The number of aromatic nitrogens is 3. The van der Waals surface area contributed by atoms with Gasteiger partial charge in [-0.25, -0.2) is 14.4 Å². The smallest absolute Gasteiger partial charge is 0.187 e. The molecule has 0 amide bonds. The summed E-state index contributed by atoms with van der Waals surface area (Å²) >= 11 is 1.54. The molecular weight excluding hydrogens is 383 g/mol. The lowest BCUT2D eigenvalue weighted by Crippen LogP contribution is -2.15. The number of thioether (sulfide) groups is 1. The number of benzene rings is 1. The summed E-state index contributed by atoms with van der Waals surface area (Å²) in [6.45, 7) is 4.18. The quantitative estimate of drug-likeness (QED) is 0.349. The predicted molar refractivity (Wildman–Crippen MR) is 120 cm³/mol. The van der Waals surface area contributed by atoms with Crippen LogP contribution in [0.3, 0.4) is 0 Å². The summed E-state index contributed by atoms with van der Waals surface area (Å²) in [6, 6.07) is 8.73. The van der Waals surface area contributed by atoms with Gasteiger partial charge >= 0.3 is 0 Å². The fourth-order valence-electron chi connectivity index (χ4n) is 3.57. The number of hydrogen-bond acceptors (Lipinski definition) is 4. The fourth-order valence-corrected chi connectivity index (χ4v) is 3.93. The van der Waals surface area contributed by atoms with E-state index in [0.717, 1.165) is 59.9 Å². The monoisotopic (exact) mass is 412 g/mol. The van der Waals surface area contributed by atoms with Gasteiger partial charge in [0.15, 0.2) is 5.16 Å². The second-order valence-corrected chi connectivity index (χ2v) is 8.17. The first-order valence-electron chi connectivity index (χ1n) is 10.0. The lowest BCUT2D eigenvalue weighted by molar-refractivity contribution is 0.385. The Morgan fingerprint density at radius 3 is 2.55 bits per heavy atom. The molecule has 0 bridgehead atoms. The van der Waals surface area contributed by atoms with Crippen LogP contribution in [0.1, 0.15) is 25.5 Å². The Balaban J connectivity index is 2.14. The van der Waals surface area contributed by atoms with Crippen LogP contribution in [-0.4, -0.2) is 46.3 Å². The number of rotatable bonds is 9. The molecule has 0 unspecified atom stereocenters. The normalized spacial score (nSPS) is 11.4. The third-order valence-corrected chi connectivity index (χ3v) is 5.47. The Hall–Kier alpha value is -2.18. The summed E-state index contributed by atoms with van der Waals surface area (Å²) in [4.78, 5) is 11.3. The average Bonchev–Trinajstić information content (AvgIpc) is 3.07. The zero-order valence-corrected chi connectivity index (χ0v) is 18.5. The van der Waals surface area contributed by atoms with Crippen molar-refractivity contribution in [2.75, 3.05) is 26.9 Å². The van der Waals surface area contributed by atoms with Gasteiger partial charge < -0.3 is 9.47 Å². The van der Waals surface area contributed by atoms with Crippen molar-refractivity contribution < 1.29 is 4.39 Å². The van der Waals surface area contributed by atoms with Gasteiger partial charge in [0.1, 0.15) is 5.82 Å². The molecule has 4 nitrogen and oxygen atoms in total. The molecule has 154 valence electrons. The molecule has 0 N–H and O–H groups in total. The minimum atomic E-state index is -0.221. The molecule has 0 spiro atoms. The predicted octanol–water partition coefficient (Wildman–Crippen LogP) is 5.38. The van der Waals surface area contributed by atoms with Crippen molar-refractivity contribution in [2.45, 2.75) is 37.9 Å². The largest absolute Gasteiger partial charge is 0.350 e. The van der Waals surface area contributed by atoms with E-state index in [2.05, 4.69) is 41.7 Å². The van der Waals surface area contributed by atoms with E-state index in [1.807, 2.05) is 30.7 Å². The lowest BCUT2D eigenvalue weighted by Gasteiger charge is -2.13. The van der Waals surface area contributed by atoms with Crippen LogP contribution in [0.2, 0.25) is 0 Å². The lowest BCUT2D eigenvalue weighted by atomic mass is 9.99. The molecule has 2 heterocycles. The molecule has 1 aromatic carbocycles. The first kappa shape index (κ1) is 21.5. The topological polar surface area (TPSA) is 34.0 Å². The third kappa shape index (κ3) is 5.25. The van der Waals surface area contributed by atoms with Gasteiger partial charge in [-0.15, -0.1) is 0 Å². The van der Waals surface area contributed by atoms with Crippen molar-refractivity contribution in [1.82, 2.24) is 19.4 Å². The van der Waals surface area contributed by atoms with Crippen LogP contribution in [0.5, 0.6) is 0 Å². The van der Waals surface area contributed by atoms with Gasteiger partial charge in [0.05, 0.1) is 5.69 Å². The molecule has 0 aliphatic rings. The van der Waals surface area contributed by atoms with E-state index in [1.54, 1.807) is 11.8 Å². The Morgan fingerprint density at radius 1 is 1.14 bits per heavy atom. The highest BCUT2D eigenvalue weighted by Crippen LogP contribution is 2.37. The highest BCUT2D eigenvalue weighted by molar-refractivity contribution is 7.98. The van der Waals surface area contributed by atoms with E-state index in [9.17, 15) is 4.39 Å². The average molecular weight is 413 g/mol. The molecule has 0 saturated heterocycles. The number of hydrogen-bond donors (Lipinski definition) is 0. The van der Waals surface area contributed by atoms with E-state index in [4.69, 9.17) is 4.98 Å². The van der Waals surface area contributed by atoms with Gasteiger partial charge in [0.2, 0.25) is 0 Å². The zero-order valence-electron chi connectivity index (χ0n) is 17.7. The highest BCUT2D eigenvalue weighted by Gasteiger charge is 2.20. The van der Waals surface area contributed by atoms with E-state index in [0.29, 0.717) is 0 Å². The maximum Gasteiger partial charge on any atom is 0.187 e. The summed E-state index contributed by atoms with van der Waals surface area (Å²) < 4.78 is 15.9. The third-order valence-electron chi connectivity index (χ3n) is 4.91. The standard InChI is InChI=1S/C23H29FN4S/c1-5-7-21-22(20-12-13-25-23(26-20)29-4)19(17-8-10-18(24)11-9-17)16-28(21)15-6-14-27(2)3/h8-13,16H,5-7,14-15H2,1-4H3. The van der Waals surface area contributed by atoms with E-state index >= 15 is 0 Å². The van der Waals surface area contributed by atoms with Crippen molar-refractivity contribution in [3.05, 3.63) is 54.2 Å². The first-order valence-corrected chi connectivity index (χ1v) is 11.3. The second kappa shape index (κ2) is 10.0. The molecule has 0 atom stereocenters. The van der Waals surface area contributed by atoms with E-state index in [-0.39, 0.29) is 5.82 Å². The number of halogens is 1. The van der Waals surface area contributed by atoms with Gasteiger partial charge in [-0.3, -0.25) is 0 Å². The molecule has 29 heavy (non-hydrogen) atoms. The first-order chi connectivity index (χ1) is 14.0. The SMILES string of the molecule is CCCc1c(-c2ccnc(SC)n2)c(-c2ccc(F)cc2)cn1CCCN(C)C. The molecule has 0 fully saturated rings. The van der Waals surface area contributed by atoms with Crippen molar-refractivity contribution in [1.29, 1.82) is 0 Å². The second-order valence-electron chi connectivity index (χ2n) is 7.40. The minimum absolute atomic E-state index is 0.221. The van der Waals surface area contributed by atoms with Gasteiger partial charge in [-0.1, -0.05) is 37.2 Å². The summed E-state index contributed by atoms with van der Waals surface area (Å²) in [6.07, 6.45) is 9.11. The van der Waals surface area contributed by atoms with Crippen LogP contribution < -0.4 is 0 Å². The van der Waals surface area contributed by atoms with Crippen LogP contribution in [0, 0.1) is 5.82 Å². The molecule has 0 aliphatic heterocycles. The molecule has 6 heteroatoms. The summed E-state index contributed by atoms with van der Waals surface area (Å²) in [5.41, 5.74) is 5.47.